The predicted molar refractivity (Wildman–Crippen MR) is 411 cm³/mol. The molecule has 4 aliphatic heterocycles. The normalized spacial score (nSPS) is 17.9. The van der Waals surface area contributed by atoms with Gasteiger partial charge in [0.25, 0.3) is 0 Å². The van der Waals surface area contributed by atoms with Crippen LogP contribution in [0.3, 0.4) is 0 Å². The van der Waals surface area contributed by atoms with Crippen molar-refractivity contribution in [2.45, 2.75) is 186 Å². The van der Waals surface area contributed by atoms with Gasteiger partial charge >= 0.3 is 0 Å². The van der Waals surface area contributed by atoms with Gasteiger partial charge in [0, 0.05) is 82.8 Å². The number of carbonyl (C=O) groups is 9. The summed E-state index contributed by atoms with van der Waals surface area (Å²) in [5, 5.41) is 36.8. The highest BCUT2D eigenvalue weighted by atomic mass is 35.5. The zero-order valence-corrected chi connectivity index (χ0v) is 62.6. The molecule has 8 atom stereocenters. The van der Waals surface area contributed by atoms with E-state index in [1.165, 1.54) is 0 Å². The summed E-state index contributed by atoms with van der Waals surface area (Å²) in [6, 6.07) is 38.3. The molecule has 4 heterocycles. The summed E-state index contributed by atoms with van der Waals surface area (Å²) >= 11 is 0. The van der Waals surface area contributed by atoms with Gasteiger partial charge in [0.15, 0.2) is 0 Å². The van der Waals surface area contributed by atoms with Crippen LogP contribution in [0, 0.1) is 17.8 Å². The molecule has 104 heavy (non-hydrogen) atoms. The molecule has 4 saturated heterocycles. The SMILES string of the molecule is C=CCNC(=O)[C@@H](Cc1ccc2ccccc2c1)NC(=O)C1CCCN1C(=O)C(CC)CC.CCC(CC)C(=O)N1CCCC1C(=O)N[C@H](Cc1ccc2ccccc2c1)C(=O)NCC(O)CNC.CCC(CC)C(=O)N1CCCC1C(=O)N[C@H](Cc1ccc2ccccc2c1)C(=O)NCC1CO1.Cl. The van der Waals surface area contributed by atoms with Gasteiger partial charge in [-0.1, -0.05) is 175 Å². The Labute approximate surface area is 620 Å². The second kappa shape index (κ2) is 41.7. The van der Waals surface area contributed by atoms with Gasteiger partial charge in [-0.3, -0.25) is 43.2 Å². The molecule has 4 fully saturated rings. The summed E-state index contributed by atoms with van der Waals surface area (Å²) in [4.78, 5) is 123. The van der Waals surface area contributed by atoms with Gasteiger partial charge in [-0.15, -0.1) is 19.0 Å². The standard InChI is InChI=1S/C28H40N4O4.C27H35N3O4.C27H35N3O3.ClH/c1-4-20(5-2)28(36)32-14-8-11-25(32)27(35)31-24(26(34)30-18-23(33)17-29-3)16-19-12-13-21-9-6-7-10-22(21)15-19;1-3-19(4-2)27(33)30-13-7-10-24(30)26(32)29-23(25(31)28-16-22-17-34-22)15-18-11-12-20-8-5-6-9-21(20)14-18;1-4-15-28-25(31)23(18-19-13-14-21-10-7-8-11-22(21)17-19)29-26(32)24-12-9-16-30(24)27(33)20(5-2)6-3;/h6-7,9-10,12-13,15,20,23-25,29,33H,4-5,8,11,14,16-18H2,1-3H3,(H,30,34)(H,31,35);5-6,8-9,11-12,14,19,22-24H,3-4,7,10,13,15-17H2,1-2H3,(H,28,31)(H,29,32);4,7-8,10-11,13-14,17,20,23-24H,1,5-6,9,12,15-16,18H2,2-3H3,(H,28,31)(H,29,32);1H/t23?,24-,25?;22?,23-,24?;23-,24?;/m111./s1. The van der Waals surface area contributed by atoms with Crippen LogP contribution in [0.1, 0.15) is 135 Å². The van der Waals surface area contributed by atoms with Gasteiger partial charge in [-0.25, -0.2) is 0 Å². The monoisotopic (exact) mass is 1450 g/mol. The lowest BCUT2D eigenvalue weighted by molar-refractivity contribution is -0.142. The molecular formula is C82H111ClN10O11. The quantitative estimate of drug-likeness (QED) is 0.0145. The highest BCUT2D eigenvalue weighted by molar-refractivity contribution is 5.96. The van der Waals surface area contributed by atoms with E-state index in [0.29, 0.717) is 84.4 Å². The number of aliphatic hydroxyl groups excluding tert-OH is 1. The number of likely N-dealkylation sites (tertiary alicyclic amines) is 3. The lowest BCUT2D eigenvalue weighted by atomic mass is 10.00. The molecule has 6 aromatic carbocycles. The molecule has 22 heteroatoms. The van der Waals surface area contributed by atoms with Crippen molar-refractivity contribution in [1.82, 2.24) is 51.9 Å². The number of nitrogens with zero attached hydrogens (tertiary/aromatic N) is 3. The zero-order chi connectivity index (χ0) is 74.0. The van der Waals surface area contributed by atoms with Crippen LogP contribution in [0.5, 0.6) is 0 Å². The molecule has 9 amide bonds. The third-order valence-electron chi connectivity index (χ3n) is 20.5. The Morgan fingerprint density at radius 1 is 0.471 bits per heavy atom. The van der Waals surface area contributed by atoms with Gasteiger partial charge in [0.1, 0.15) is 36.3 Å². The van der Waals surface area contributed by atoms with Gasteiger partial charge < -0.3 is 61.8 Å². The molecule has 4 aliphatic rings. The van der Waals surface area contributed by atoms with Crippen molar-refractivity contribution in [3.63, 3.8) is 0 Å². The molecule has 5 unspecified atom stereocenters. The number of amides is 9. The summed E-state index contributed by atoms with van der Waals surface area (Å²) in [6.45, 7) is 19.2. The largest absolute Gasteiger partial charge is 0.390 e. The van der Waals surface area contributed by atoms with Crippen LogP contribution in [0.25, 0.3) is 32.3 Å². The van der Waals surface area contributed by atoms with Gasteiger partial charge in [0.05, 0.1) is 18.8 Å². The summed E-state index contributed by atoms with van der Waals surface area (Å²) in [7, 11) is 1.73. The maximum atomic E-state index is 13.4. The summed E-state index contributed by atoms with van der Waals surface area (Å²) in [5.74, 6) is -1.78. The first-order chi connectivity index (χ1) is 49.8. The molecular weight excluding hydrogens is 1340 g/mol. The number of ether oxygens (including phenoxy) is 1. The van der Waals surface area contributed by atoms with Crippen molar-refractivity contribution in [2.24, 2.45) is 17.8 Å². The van der Waals surface area contributed by atoms with E-state index in [9.17, 15) is 48.3 Å². The number of carbonyl (C=O) groups excluding carboxylic acids is 9. The number of hydrogen-bond acceptors (Lipinski definition) is 12. The molecule has 562 valence electrons. The third-order valence-corrected chi connectivity index (χ3v) is 20.5. The first-order valence-corrected chi connectivity index (χ1v) is 37.5. The average molecular weight is 1450 g/mol. The number of nitrogens with one attached hydrogen (secondary N) is 7. The van der Waals surface area contributed by atoms with Crippen LogP contribution in [-0.2, 0) is 67.2 Å². The minimum absolute atomic E-state index is 0. The Morgan fingerprint density at radius 3 is 1.10 bits per heavy atom. The highest BCUT2D eigenvalue weighted by Crippen LogP contribution is 2.28. The average Bonchev–Trinajstić information content (AvgIpc) is 1.59. The van der Waals surface area contributed by atoms with Crippen LogP contribution < -0.4 is 37.2 Å². The third kappa shape index (κ3) is 23.1. The van der Waals surface area contributed by atoms with Gasteiger partial charge in [0.2, 0.25) is 53.2 Å². The molecule has 8 N–H and O–H groups in total. The number of fused-ring (bicyclic) bond motifs is 3. The van der Waals surface area contributed by atoms with E-state index in [4.69, 9.17) is 4.74 Å². The predicted octanol–water partition coefficient (Wildman–Crippen LogP) is 8.82. The smallest absolute Gasteiger partial charge is 0.243 e. The van der Waals surface area contributed by atoms with Crippen molar-refractivity contribution in [2.75, 3.05) is 59.5 Å². The Morgan fingerprint density at radius 2 is 0.788 bits per heavy atom. The molecule has 0 bridgehead atoms. The molecule has 0 spiro atoms. The Kier molecular flexibility index (Phi) is 33.1. The molecule has 10 rings (SSSR count). The number of likely N-dealkylation sites (N-methyl/N-ethyl adjacent to an activating group) is 1. The summed E-state index contributed by atoms with van der Waals surface area (Å²) in [5.41, 5.74) is 2.85. The minimum atomic E-state index is -0.828. The molecule has 0 radical (unpaired) electrons. The van der Waals surface area contributed by atoms with Gasteiger partial charge in [-0.2, -0.15) is 0 Å². The number of epoxide rings is 1. The van der Waals surface area contributed by atoms with Crippen molar-refractivity contribution in [1.29, 1.82) is 0 Å². The number of halogens is 1. The second-order valence-electron chi connectivity index (χ2n) is 27.6. The fourth-order valence-corrected chi connectivity index (χ4v) is 14.2. The van der Waals surface area contributed by atoms with E-state index in [-0.39, 0.29) is 96.0 Å². The van der Waals surface area contributed by atoms with Crippen molar-refractivity contribution in [3.05, 3.63) is 157 Å². The molecule has 0 saturated carbocycles. The van der Waals surface area contributed by atoms with Crippen LogP contribution in [-0.4, -0.2) is 181 Å². The summed E-state index contributed by atoms with van der Waals surface area (Å²) in [6.07, 6.45) is 10.7. The molecule has 6 aromatic rings. The Balaban J connectivity index is 0.000000217. The molecule has 0 aromatic heterocycles. The van der Waals surface area contributed by atoms with E-state index in [2.05, 4.69) is 49.9 Å². The van der Waals surface area contributed by atoms with E-state index >= 15 is 0 Å². The number of hydrogen-bond donors (Lipinski definition) is 8. The lowest BCUT2D eigenvalue weighted by Gasteiger charge is -2.29. The van der Waals surface area contributed by atoms with E-state index in [1.807, 2.05) is 163 Å². The van der Waals surface area contributed by atoms with Crippen LogP contribution in [0.15, 0.2) is 140 Å². The molecule has 0 aliphatic carbocycles. The van der Waals surface area contributed by atoms with E-state index in [1.54, 1.807) is 27.8 Å². The van der Waals surface area contributed by atoms with Crippen LogP contribution in [0.4, 0.5) is 0 Å². The first-order valence-electron chi connectivity index (χ1n) is 37.5. The molecule has 21 nitrogen and oxygen atoms in total. The fourth-order valence-electron chi connectivity index (χ4n) is 14.2. The van der Waals surface area contributed by atoms with Crippen molar-refractivity contribution in [3.8, 4) is 0 Å². The topological polar surface area (TPSA) is 280 Å². The minimum Gasteiger partial charge on any atom is -0.390 e. The van der Waals surface area contributed by atoms with E-state index in [0.717, 1.165) is 107 Å². The second-order valence-corrected chi connectivity index (χ2v) is 27.6. The number of benzene rings is 6. The maximum absolute atomic E-state index is 13.4. The van der Waals surface area contributed by atoms with Crippen molar-refractivity contribution < 1.29 is 53.0 Å². The number of rotatable bonds is 32. The van der Waals surface area contributed by atoms with Crippen LogP contribution in [0.2, 0.25) is 0 Å². The van der Waals surface area contributed by atoms with Crippen molar-refractivity contribution >= 4 is 97.9 Å². The van der Waals surface area contributed by atoms with E-state index < -0.39 is 42.4 Å². The lowest BCUT2D eigenvalue weighted by Crippen LogP contribution is -2.55. The fraction of sp³-hybridized carbons (Fsp3) is 0.500. The summed E-state index contributed by atoms with van der Waals surface area (Å²) < 4.78 is 5.21. The zero-order valence-electron chi connectivity index (χ0n) is 61.8. The maximum Gasteiger partial charge on any atom is 0.243 e. The Hall–Kier alpha value is -8.76. The van der Waals surface area contributed by atoms with Crippen LogP contribution >= 0.6 is 12.4 Å². The Bertz CT molecular complexity index is 3860. The number of aliphatic hydroxyl groups is 1. The highest BCUT2D eigenvalue weighted by Gasteiger charge is 2.41. The first kappa shape index (κ1) is 82.5. The van der Waals surface area contributed by atoms with Gasteiger partial charge in [-0.05, 0) is 133 Å².